The molecule has 1 aromatic carbocycles. The lowest BCUT2D eigenvalue weighted by Crippen LogP contribution is -2.39. The van der Waals surface area contributed by atoms with Crippen molar-refractivity contribution in [2.45, 2.75) is 45.2 Å². The molecule has 7 nitrogen and oxygen atoms in total. The average Bonchev–Trinajstić information content (AvgIpc) is 2.47. The van der Waals surface area contributed by atoms with Crippen LogP contribution in [0.5, 0.6) is 11.5 Å². The predicted octanol–water partition coefficient (Wildman–Crippen LogP) is 2.91. The molecule has 1 aromatic rings. The Kier molecular flexibility index (Phi) is 4.85. The van der Waals surface area contributed by atoms with Crippen molar-refractivity contribution < 1.29 is 14.8 Å². The zero-order valence-corrected chi connectivity index (χ0v) is 13.0. The average molecular weight is 307 g/mol. The number of phenolic OH excluding ortho intramolecular Hbond substituents is 1. The number of hydrogen-bond acceptors (Lipinski definition) is 6. The van der Waals surface area contributed by atoms with Crippen LogP contribution < -0.4 is 4.74 Å². The lowest BCUT2D eigenvalue weighted by atomic mass is 10.00. The van der Waals surface area contributed by atoms with Crippen molar-refractivity contribution >= 4 is 11.9 Å². The molecule has 0 bridgehead atoms. The van der Waals surface area contributed by atoms with Crippen LogP contribution in [-0.4, -0.2) is 40.4 Å². The van der Waals surface area contributed by atoms with Crippen LogP contribution in [0, 0.1) is 10.1 Å². The molecule has 0 saturated carbocycles. The summed E-state index contributed by atoms with van der Waals surface area (Å²) in [4.78, 5) is 10.3. The van der Waals surface area contributed by atoms with Gasteiger partial charge in [-0.1, -0.05) is 0 Å². The molecule has 120 valence electrons. The van der Waals surface area contributed by atoms with Gasteiger partial charge < -0.3 is 9.84 Å². The van der Waals surface area contributed by atoms with E-state index < -0.39 is 10.7 Å². The highest BCUT2D eigenvalue weighted by atomic mass is 16.6. The van der Waals surface area contributed by atoms with Crippen molar-refractivity contribution in [2.24, 2.45) is 5.10 Å². The second-order valence-corrected chi connectivity index (χ2v) is 5.60. The van der Waals surface area contributed by atoms with Crippen LogP contribution in [0.1, 0.15) is 38.7 Å². The van der Waals surface area contributed by atoms with Gasteiger partial charge in [0.2, 0.25) is 5.75 Å². The number of piperidine rings is 1. The largest absolute Gasteiger partial charge is 0.500 e. The Labute approximate surface area is 129 Å². The third kappa shape index (κ3) is 3.29. The minimum Gasteiger partial charge on any atom is -0.500 e. The molecule has 0 aliphatic carbocycles. The van der Waals surface area contributed by atoms with Gasteiger partial charge in [0.15, 0.2) is 5.75 Å². The van der Waals surface area contributed by atoms with E-state index in [9.17, 15) is 15.2 Å². The Bertz CT molecular complexity index is 578. The molecule has 1 heterocycles. The van der Waals surface area contributed by atoms with Gasteiger partial charge in [-0.2, -0.15) is 5.10 Å². The minimum absolute atomic E-state index is 0.0652. The fourth-order valence-electron chi connectivity index (χ4n) is 2.75. The van der Waals surface area contributed by atoms with Crippen LogP contribution >= 0.6 is 0 Å². The van der Waals surface area contributed by atoms with Gasteiger partial charge >= 0.3 is 5.69 Å². The number of hydrogen-bond donors (Lipinski definition) is 1. The molecular formula is C15H21N3O4. The van der Waals surface area contributed by atoms with Gasteiger partial charge in [-0.3, -0.25) is 15.1 Å². The first-order chi connectivity index (χ1) is 10.4. The first-order valence-electron chi connectivity index (χ1n) is 7.31. The van der Waals surface area contributed by atoms with E-state index >= 15 is 0 Å². The number of methoxy groups -OCH3 is 1. The highest BCUT2D eigenvalue weighted by Gasteiger charge is 2.23. The number of aromatic hydroxyl groups is 1. The third-order valence-electron chi connectivity index (χ3n) is 3.98. The molecule has 1 N–H and O–H groups in total. The fourth-order valence-corrected chi connectivity index (χ4v) is 2.75. The molecular weight excluding hydrogens is 286 g/mol. The monoisotopic (exact) mass is 307 g/mol. The number of rotatable bonds is 4. The highest BCUT2D eigenvalue weighted by Crippen LogP contribution is 2.36. The number of nitro groups is 1. The summed E-state index contributed by atoms with van der Waals surface area (Å²) < 4.78 is 4.98. The van der Waals surface area contributed by atoms with Gasteiger partial charge in [-0.15, -0.1) is 0 Å². The maximum Gasteiger partial charge on any atom is 0.315 e. The fraction of sp³-hybridized carbons (Fsp3) is 0.533. The molecule has 1 saturated heterocycles. The molecule has 1 fully saturated rings. The van der Waals surface area contributed by atoms with E-state index in [1.165, 1.54) is 25.7 Å². The number of phenols is 1. The van der Waals surface area contributed by atoms with E-state index in [0.29, 0.717) is 17.6 Å². The van der Waals surface area contributed by atoms with Crippen LogP contribution in [0.3, 0.4) is 0 Å². The molecule has 22 heavy (non-hydrogen) atoms. The lowest BCUT2D eigenvalue weighted by molar-refractivity contribution is -0.386. The Morgan fingerprint density at radius 2 is 2.05 bits per heavy atom. The van der Waals surface area contributed by atoms with Crippen LogP contribution in [0.15, 0.2) is 17.2 Å². The molecule has 2 rings (SSSR count). The molecule has 7 heteroatoms. The maximum atomic E-state index is 11.0. The summed E-state index contributed by atoms with van der Waals surface area (Å²) in [6, 6.07) is 3.51. The normalized spacial score (nSPS) is 22.0. The number of benzene rings is 1. The van der Waals surface area contributed by atoms with Crippen LogP contribution in [0.4, 0.5) is 5.69 Å². The van der Waals surface area contributed by atoms with Gasteiger partial charge in [-0.05, 0) is 39.2 Å². The second-order valence-electron chi connectivity index (χ2n) is 5.60. The molecule has 2 atom stereocenters. The van der Waals surface area contributed by atoms with Gasteiger partial charge in [0.1, 0.15) is 0 Å². The summed E-state index contributed by atoms with van der Waals surface area (Å²) in [6.45, 7) is 4.24. The van der Waals surface area contributed by atoms with Crippen molar-refractivity contribution in [3.8, 4) is 11.5 Å². The van der Waals surface area contributed by atoms with E-state index in [1.807, 2.05) is 5.01 Å². The summed E-state index contributed by atoms with van der Waals surface area (Å²) in [7, 11) is 1.36. The standard InChI is InChI=1S/C15H21N3O4/c1-10-5-4-6-11(2)17(10)16-9-12-7-13(18(20)21)15(19)14(8-12)22-3/h7-11,19H,4-6H2,1-3H3/b16-9-/t10-,11-/m0/s1. The van der Waals surface area contributed by atoms with Crippen molar-refractivity contribution in [1.29, 1.82) is 0 Å². The van der Waals surface area contributed by atoms with E-state index in [0.717, 1.165) is 12.8 Å². The number of hydrazone groups is 1. The summed E-state index contributed by atoms with van der Waals surface area (Å²) in [5, 5.41) is 27.2. The Morgan fingerprint density at radius 1 is 1.41 bits per heavy atom. The Hall–Kier alpha value is -2.31. The van der Waals surface area contributed by atoms with E-state index in [4.69, 9.17) is 4.74 Å². The topological polar surface area (TPSA) is 88.2 Å². The van der Waals surface area contributed by atoms with Gasteiger partial charge in [0, 0.05) is 23.7 Å². The van der Waals surface area contributed by atoms with Crippen LogP contribution in [0.25, 0.3) is 0 Å². The number of nitrogens with zero attached hydrogens (tertiary/aromatic N) is 3. The van der Waals surface area contributed by atoms with E-state index in [2.05, 4.69) is 18.9 Å². The second kappa shape index (κ2) is 6.64. The van der Waals surface area contributed by atoms with Crippen LogP contribution in [0.2, 0.25) is 0 Å². The SMILES string of the molecule is COc1cc(/C=N\N2[C@@H](C)CCC[C@@H]2C)cc([N+](=O)[O-])c1O. The Morgan fingerprint density at radius 3 is 2.59 bits per heavy atom. The molecule has 0 spiro atoms. The minimum atomic E-state index is -0.638. The molecule has 0 amide bonds. The van der Waals surface area contributed by atoms with Crippen LogP contribution in [-0.2, 0) is 0 Å². The molecule has 0 unspecified atom stereocenters. The van der Waals surface area contributed by atoms with Crippen molar-refractivity contribution in [2.75, 3.05) is 7.11 Å². The lowest BCUT2D eigenvalue weighted by Gasteiger charge is -2.36. The smallest absolute Gasteiger partial charge is 0.315 e. The number of ether oxygens (including phenoxy) is 1. The zero-order valence-electron chi connectivity index (χ0n) is 13.0. The zero-order chi connectivity index (χ0) is 16.3. The van der Waals surface area contributed by atoms with E-state index in [-0.39, 0.29) is 11.4 Å². The van der Waals surface area contributed by atoms with Crippen molar-refractivity contribution in [3.63, 3.8) is 0 Å². The Balaban J connectivity index is 2.30. The van der Waals surface area contributed by atoms with Gasteiger partial charge in [-0.25, -0.2) is 0 Å². The van der Waals surface area contributed by atoms with Crippen molar-refractivity contribution in [1.82, 2.24) is 5.01 Å². The predicted molar refractivity (Wildman–Crippen MR) is 83.5 cm³/mol. The molecule has 0 aromatic heterocycles. The first-order valence-corrected chi connectivity index (χ1v) is 7.31. The van der Waals surface area contributed by atoms with Crippen molar-refractivity contribution in [3.05, 3.63) is 27.8 Å². The maximum absolute atomic E-state index is 11.0. The first kappa shape index (κ1) is 16.1. The summed E-state index contributed by atoms with van der Waals surface area (Å²) in [5.74, 6) is -0.403. The molecule has 0 radical (unpaired) electrons. The summed E-state index contributed by atoms with van der Waals surface area (Å²) in [5.41, 5.74) is 0.131. The molecule has 1 aliphatic heterocycles. The summed E-state index contributed by atoms with van der Waals surface area (Å²) in [6.07, 6.45) is 4.93. The summed E-state index contributed by atoms with van der Waals surface area (Å²) >= 11 is 0. The highest BCUT2D eigenvalue weighted by molar-refractivity contribution is 5.83. The quantitative estimate of drug-likeness (QED) is 0.525. The van der Waals surface area contributed by atoms with Gasteiger partial charge in [0.25, 0.3) is 0 Å². The third-order valence-corrected chi connectivity index (χ3v) is 3.98. The molecule has 1 aliphatic rings. The number of nitro benzene ring substituents is 1. The van der Waals surface area contributed by atoms with E-state index in [1.54, 1.807) is 6.21 Å². The van der Waals surface area contributed by atoms with Gasteiger partial charge in [0.05, 0.1) is 18.2 Å².